The Morgan fingerprint density at radius 1 is 1.11 bits per heavy atom. The Labute approximate surface area is 170 Å². The Hall–Kier alpha value is -1.76. The van der Waals surface area contributed by atoms with Gasteiger partial charge in [-0.05, 0) is 52.3 Å². The zero-order chi connectivity index (χ0) is 20.4. The average molecular weight is 444 g/mol. The maximum Gasteiger partial charge on any atom is 0.411 e. The van der Waals surface area contributed by atoms with Gasteiger partial charge in [-0.25, -0.2) is 9.59 Å². The fraction of sp³-hybridized carbons (Fsp3) is 0.600. The van der Waals surface area contributed by atoms with Gasteiger partial charge in [-0.15, -0.1) is 0 Å². The average Bonchev–Trinajstić information content (AvgIpc) is 2.58. The number of nitrogens with zero attached hydrogens (tertiary/aromatic N) is 1. The van der Waals surface area contributed by atoms with Crippen LogP contribution >= 0.6 is 15.9 Å². The molecule has 0 aromatic heterocycles. The lowest BCUT2D eigenvalue weighted by molar-refractivity contribution is -0.149. The fourth-order valence-electron chi connectivity index (χ4n) is 2.46. The van der Waals surface area contributed by atoms with Crippen molar-refractivity contribution in [2.45, 2.75) is 52.7 Å². The summed E-state index contributed by atoms with van der Waals surface area (Å²) in [7, 11) is 0. The van der Waals surface area contributed by atoms with Gasteiger partial charge in [0, 0.05) is 18.3 Å². The minimum Gasteiger partial charge on any atom is -0.494 e. The molecule has 0 fully saturated rings. The number of ether oxygens (including phenoxy) is 3. The maximum absolute atomic E-state index is 12.7. The molecule has 7 heteroatoms. The van der Waals surface area contributed by atoms with Gasteiger partial charge in [0.2, 0.25) is 0 Å². The van der Waals surface area contributed by atoms with E-state index in [0.29, 0.717) is 24.9 Å². The van der Waals surface area contributed by atoms with E-state index >= 15 is 0 Å². The van der Waals surface area contributed by atoms with Gasteiger partial charge in [-0.2, -0.15) is 0 Å². The highest BCUT2D eigenvalue weighted by Gasteiger charge is 2.33. The van der Waals surface area contributed by atoms with Crippen LogP contribution in [0.3, 0.4) is 0 Å². The quantitative estimate of drug-likeness (QED) is 0.422. The van der Waals surface area contributed by atoms with Gasteiger partial charge in [-0.1, -0.05) is 28.1 Å². The predicted octanol–water partition coefficient (Wildman–Crippen LogP) is 4.19. The van der Waals surface area contributed by atoms with Gasteiger partial charge in [0.1, 0.15) is 17.4 Å². The van der Waals surface area contributed by atoms with Crippen LogP contribution in [0.1, 0.15) is 40.2 Å². The molecular formula is C20H30BrNO5. The molecular weight excluding hydrogens is 414 g/mol. The number of halogens is 1. The SMILES string of the molecule is CCOC(=O)[C@H](Cc1ccc(OCC)cc1)N(CCBr)C(=O)OC(C)(C)C. The Morgan fingerprint density at radius 2 is 1.74 bits per heavy atom. The fourth-order valence-corrected chi connectivity index (χ4v) is 2.84. The molecule has 1 rings (SSSR count). The molecule has 1 aromatic rings. The molecule has 0 unspecified atom stereocenters. The molecule has 0 aliphatic heterocycles. The van der Waals surface area contributed by atoms with Crippen molar-refractivity contribution >= 4 is 28.0 Å². The molecule has 1 aromatic carbocycles. The topological polar surface area (TPSA) is 65.1 Å². The van der Waals surface area contributed by atoms with E-state index in [4.69, 9.17) is 14.2 Å². The van der Waals surface area contributed by atoms with Crippen LogP contribution in [0.2, 0.25) is 0 Å². The van der Waals surface area contributed by atoms with Crippen molar-refractivity contribution in [3.8, 4) is 5.75 Å². The maximum atomic E-state index is 12.7. The van der Waals surface area contributed by atoms with Crippen LogP contribution in [0.4, 0.5) is 4.79 Å². The number of rotatable bonds is 9. The Bertz CT molecular complexity index is 597. The molecule has 6 nitrogen and oxygen atoms in total. The largest absolute Gasteiger partial charge is 0.494 e. The first-order chi connectivity index (χ1) is 12.7. The van der Waals surface area contributed by atoms with Gasteiger partial charge in [0.25, 0.3) is 0 Å². The van der Waals surface area contributed by atoms with Crippen molar-refractivity contribution in [3.05, 3.63) is 29.8 Å². The van der Waals surface area contributed by atoms with Crippen molar-refractivity contribution in [1.82, 2.24) is 4.90 Å². The summed E-state index contributed by atoms with van der Waals surface area (Å²) in [5.74, 6) is 0.316. The van der Waals surface area contributed by atoms with Crippen molar-refractivity contribution < 1.29 is 23.8 Å². The smallest absolute Gasteiger partial charge is 0.411 e. The summed E-state index contributed by atoms with van der Waals surface area (Å²) < 4.78 is 16.2. The van der Waals surface area contributed by atoms with E-state index in [9.17, 15) is 9.59 Å². The number of esters is 1. The molecule has 1 amide bonds. The number of benzene rings is 1. The summed E-state index contributed by atoms with van der Waals surface area (Å²) in [4.78, 5) is 26.7. The molecule has 0 saturated carbocycles. The molecule has 27 heavy (non-hydrogen) atoms. The minimum absolute atomic E-state index is 0.245. The lowest BCUT2D eigenvalue weighted by atomic mass is 10.0. The van der Waals surface area contributed by atoms with E-state index in [1.165, 1.54) is 4.90 Å². The molecule has 0 aliphatic carbocycles. The van der Waals surface area contributed by atoms with Crippen LogP contribution in [-0.4, -0.2) is 53.7 Å². The highest BCUT2D eigenvalue weighted by molar-refractivity contribution is 9.09. The van der Waals surface area contributed by atoms with Crippen molar-refractivity contribution in [3.63, 3.8) is 0 Å². The van der Waals surface area contributed by atoms with E-state index in [2.05, 4.69) is 15.9 Å². The normalized spacial score (nSPS) is 12.2. The van der Waals surface area contributed by atoms with Gasteiger partial charge < -0.3 is 14.2 Å². The van der Waals surface area contributed by atoms with Crippen LogP contribution in [0.25, 0.3) is 0 Å². The molecule has 152 valence electrons. The van der Waals surface area contributed by atoms with Crippen molar-refractivity contribution in [2.75, 3.05) is 25.1 Å². The van der Waals surface area contributed by atoms with Crippen LogP contribution in [-0.2, 0) is 20.7 Å². The molecule has 0 saturated heterocycles. The number of amides is 1. The van der Waals surface area contributed by atoms with Gasteiger partial charge in [0.15, 0.2) is 0 Å². The Balaban J connectivity index is 3.07. The first-order valence-corrected chi connectivity index (χ1v) is 10.3. The molecule has 0 heterocycles. The molecule has 0 bridgehead atoms. The Kier molecular flexibility index (Phi) is 9.63. The van der Waals surface area contributed by atoms with Crippen molar-refractivity contribution in [1.29, 1.82) is 0 Å². The molecule has 0 spiro atoms. The summed E-state index contributed by atoms with van der Waals surface area (Å²) in [6.07, 6.45) is -0.205. The zero-order valence-electron chi connectivity index (χ0n) is 16.8. The van der Waals surface area contributed by atoms with Crippen LogP contribution in [0.5, 0.6) is 5.75 Å². The zero-order valence-corrected chi connectivity index (χ0v) is 18.4. The number of hydrogen-bond donors (Lipinski definition) is 0. The van der Waals surface area contributed by atoms with E-state index < -0.39 is 23.7 Å². The molecule has 0 radical (unpaired) electrons. The van der Waals surface area contributed by atoms with E-state index in [1.807, 2.05) is 31.2 Å². The summed E-state index contributed by atoms with van der Waals surface area (Å²) >= 11 is 3.35. The second-order valence-electron chi connectivity index (χ2n) is 6.91. The monoisotopic (exact) mass is 443 g/mol. The minimum atomic E-state index is -0.768. The highest BCUT2D eigenvalue weighted by atomic mass is 79.9. The summed E-state index contributed by atoms with van der Waals surface area (Å²) in [6, 6.07) is 6.71. The number of carbonyl (C=O) groups excluding carboxylic acids is 2. The summed E-state index contributed by atoms with van der Waals surface area (Å²) in [6.45, 7) is 10.2. The van der Waals surface area contributed by atoms with Crippen LogP contribution < -0.4 is 4.74 Å². The molecule has 0 N–H and O–H groups in total. The van der Waals surface area contributed by atoms with E-state index in [1.54, 1.807) is 27.7 Å². The standard InChI is InChI=1S/C20H30BrNO5/c1-6-25-16-10-8-15(9-11-16)14-17(18(23)26-7-2)22(13-12-21)19(24)27-20(3,4)5/h8-11,17H,6-7,12-14H2,1-5H3/t17-/m0/s1. The molecule has 1 atom stereocenters. The predicted molar refractivity (Wildman–Crippen MR) is 108 cm³/mol. The molecule has 0 aliphatic rings. The third kappa shape index (κ3) is 8.20. The third-order valence-corrected chi connectivity index (χ3v) is 3.91. The third-order valence-electron chi connectivity index (χ3n) is 3.55. The summed E-state index contributed by atoms with van der Waals surface area (Å²) in [5.41, 5.74) is 0.250. The number of carbonyl (C=O) groups is 2. The van der Waals surface area contributed by atoms with Crippen LogP contribution in [0.15, 0.2) is 24.3 Å². The van der Waals surface area contributed by atoms with Gasteiger partial charge >= 0.3 is 12.1 Å². The highest BCUT2D eigenvalue weighted by Crippen LogP contribution is 2.19. The summed E-state index contributed by atoms with van der Waals surface area (Å²) in [5, 5.41) is 0.519. The second-order valence-corrected chi connectivity index (χ2v) is 7.70. The van der Waals surface area contributed by atoms with Gasteiger partial charge in [0.05, 0.1) is 13.2 Å². The lowest BCUT2D eigenvalue weighted by Gasteiger charge is -2.32. The Morgan fingerprint density at radius 3 is 2.22 bits per heavy atom. The van der Waals surface area contributed by atoms with Crippen molar-refractivity contribution in [2.24, 2.45) is 0 Å². The lowest BCUT2D eigenvalue weighted by Crippen LogP contribution is -2.49. The first kappa shape index (κ1) is 23.3. The number of alkyl halides is 1. The van der Waals surface area contributed by atoms with E-state index in [0.717, 1.165) is 11.3 Å². The van der Waals surface area contributed by atoms with Gasteiger partial charge in [-0.3, -0.25) is 4.90 Å². The van der Waals surface area contributed by atoms with E-state index in [-0.39, 0.29) is 6.61 Å². The first-order valence-electron chi connectivity index (χ1n) is 9.15. The van der Waals surface area contributed by atoms with Crippen LogP contribution in [0, 0.1) is 0 Å². The number of hydrogen-bond acceptors (Lipinski definition) is 5. The second kappa shape index (κ2) is 11.2.